The van der Waals surface area contributed by atoms with Crippen molar-refractivity contribution < 1.29 is 14.3 Å². The number of esters is 1. The van der Waals surface area contributed by atoms with Gasteiger partial charge in [-0.3, -0.25) is 4.79 Å². The van der Waals surface area contributed by atoms with E-state index >= 15 is 0 Å². The summed E-state index contributed by atoms with van der Waals surface area (Å²) in [7, 11) is 0. The molecule has 6 nitrogen and oxygen atoms in total. The summed E-state index contributed by atoms with van der Waals surface area (Å²) in [4.78, 5) is 24.9. The van der Waals surface area contributed by atoms with Gasteiger partial charge in [0.15, 0.2) is 6.10 Å². The van der Waals surface area contributed by atoms with Gasteiger partial charge in [-0.05, 0) is 44.7 Å². The van der Waals surface area contributed by atoms with E-state index in [4.69, 9.17) is 16.3 Å². The molecule has 1 saturated carbocycles. The van der Waals surface area contributed by atoms with Gasteiger partial charge in [-0.1, -0.05) is 49.1 Å². The summed E-state index contributed by atoms with van der Waals surface area (Å²) >= 11 is 6.38. The number of benzene rings is 1. The molecule has 0 bridgehead atoms. The van der Waals surface area contributed by atoms with Crippen LogP contribution < -0.4 is 5.32 Å². The highest BCUT2D eigenvalue weighted by Gasteiger charge is 2.26. The fourth-order valence-electron chi connectivity index (χ4n) is 3.52. The van der Waals surface area contributed by atoms with Crippen LogP contribution in [0.2, 0.25) is 5.15 Å². The number of aromatic nitrogens is 2. The zero-order valence-corrected chi connectivity index (χ0v) is 17.0. The molecule has 3 rings (SSSR count). The maximum atomic E-state index is 12.6. The predicted molar refractivity (Wildman–Crippen MR) is 108 cm³/mol. The number of hydrogen-bond acceptors (Lipinski definition) is 4. The molecular weight excluding hydrogens is 378 g/mol. The minimum absolute atomic E-state index is 0.170. The smallest absolute Gasteiger partial charge is 0.344 e. The second-order valence-corrected chi connectivity index (χ2v) is 7.65. The molecule has 1 heterocycles. The number of para-hydroxylation sites is 1. The van der Waals surface area contributed by atoms with Crippen molar-refractivity contribution in [2.45, 2.75) is 52.1 Å². The van der Waals surface area contributed by atoms with E-state index in [0.717, 1.165) is 18.5 Å². The van der Waals surface area contributed by atoms with E-state index in [1.807, 2.05) is 30.3 Å². The van der Waals surface area contributed by atoms with Crippen LogP contribution >= 0.6 is 11.6 Å². The number of amides is 1. The second-order valence-electron chi connectivity index (χ2n) is 7.30. The average Bonchev–Trinajstić information content (AvgIpc) is 3.01. The number of rotatable bonds is 6. The molecule has 1 aromatic carbocycles. The van der Waals surface area contributed by atoms with Crippen molar-refractivity contribution in [2.24, 2.45) is 5.92 Å². The van der Waals surface area contributed by atoms with Crippen LogP contribution in [0.5, 0.6) is 0 Å². The molecule has 1 aliphatic rings. The van der Waals surface area contributed by atoms with E-state index in [1.165, 1.54) is 23.9 Å². The molecule has 7 heteroatoms. The monoisotopic (exact) mass is 403 g/mol. The van der Waals surface area contributed by atoms with Crippen LogP contribution in [0.15, 0.2) is 30.3 Å². The Morgan fingerprint density at radius 3 is 2.61 bits per heavy atom. The third-order valence-electron chi connectivity index (χ3n) is 5.15. The Kier molecular flexibility index (Phi) is 6.73. The SMILES string of the molecule is Cc1nn(-c2ccccc2)c(Cl)c1C(=O)O[C@H](C)C(=O)NCC1CCCCC1. The maximum Gasteiger partial charge on any atom is 0.344 e. The minimum atomic E-state index is -0.897. The van der Waals surface area contributed by atoms with E-state index < -0.39 is 12.1 Å². The number of ether oxygens (including phenoxy) is 1. The summed E-state index contributed by atoms with van der Waals surface area (Å²) < 4.78 is 6.85. The molecule has 0 radical (unpaired) electrons. The molecule has 2 aromatic rings. The van der Waals surface area contributed by atoms with Crippen LogP contribution in [-0.4, -0.2) is 34.3 Å². The molecule has 1 amide bonds. The largest absolute Gasteiger partial charge is 0.449 e. The molecular formula is C21H26ClN3O3. The fourth-order valence-corrected chi connectivity index (χ4v) is 3.87. The number of aryl methyl sites for hydroxylation is 1. The van der Waals surface area contributed by atoms with E-state index in [1.54, 1.807) is 13.8 Å². The van der Waals surface area contributed by atoms with Crippen molar-refractivity contribution in [3.8, 4) is 5.69 Å². The zero-order chi connectivity index (χ0) is 20.1. The van der Waals surface area contributed by atoms with Crippen LogP contribution in [-0.2, 0) is 9.53 Å². The Hall–Kier alpha value is -2.34. The van der Waals surface area contributed by atoms with Crippen LogP contribution in [0.1, 0.15) is 55.1 Å². The summed E-state index contributed by atoms with van der Waals surface area (Å²) in [6, 6.07) is 9.29. The van der Waals surface area contributed by atoms with Crippen LogP contribution in [0, 0.1) is 12.8 Å². The highest BCUT2D eigenvalue weighted by molar-refractivity contribution is 6.33. The summed E-state index contributed by atoms with van der Waals surface area (Å²) in [5, 5.41) is 7.40. The fraction of sp³-hybridized carbons (Fsp3) is 0.476. The first-order valence-corrected chi connectivity index (χ1v) is 10.1. The molecule has 0 saturated heterocycles. The maximum absolute atomic E-state index is 12.6. The quantitative estimate of drug-likeness (QED) is 0.737. The summed E-state index contributed by atoms with van der Waals surface area (Å²) in [6.07, 6.45) is 5.09. The van der Waals surface area contributed by atoms with Crippen molar-refractivity contribution in [2.75, 3.05) is 6.54 Å². The highest BCUT2D eigenvalue weighted by atomic mass is 35.5. The standard InChI is InChI=1S/C21H26ClN3O3/c1-14-18(19(22)25(24-14)17-11-7-4-8-12-17)21(27)28-15(2)20(26)23-13-16-9-5-3-6-10-16/h4,7-8,11-12,15-16H,3,5-6,9-10,13H2,1-2H3,(H,23,26)/t15-/m1/s1. The number of carbonyl (C=O) groups is 2. The van der Waals surface area contributed by atoms with Crippen molar-refractivity contribution in [1.29, 1.82) is 0 Å². The third-order valence-corrected chi connectivity index (χ3v) is 5.50. The molecule has 1 fully saturated rings. The molecule has 1 aromatic heterocycles. The third kappa shape index (κ3) is 4.73. The molecule has 28 heavy (non-hydrogen) atoms. The molecule has 1 N–H and O–H groups in total. The number of carbonyl (C=O) groups excluding carboxylic acids is 2. The number of nitrogens with zero attached hydrogens (tertiary/aromatic N) is 2. The Morgan fingerprint density at radius 1 is 1.25 bits per heavy atom. The minimum Gasteiger partial charge on any atom is -0.449 e. The van der Waals surface area contributed by atoms with E-state index in [-0.39, 0.29) is 16.6 Å². The van der Waals surface area contributed by atoms with E-state index in [9.17, 15) is 9.59 Å². The van der Waals surface area contributed by atoms with Gasteiger partial charge in [-0.25, -0.2) is 9.48 Å². The van der Waals surface area contributed by atoms with Gasteiger partial charge in [0.05, 0.1) is 11.4 Å². The Morgan fingerprint density at radius 2 is 1.93 bits per heavy atom. The van der Waals surface area contributed by atoms with Crippen molar-refractivity contribution >= 4 is 23.5 Å². The number of nitrogens with one attached hydrogen (secondary N) is 1. The topological polar surface area (TPSA) is 73.2 Å². The lowest BCUT2D eigenvalue weighted by atomic mass is 9.89. The van der Waals surface area contributed by atoms with Gasteiger partial charge in [0.25, 0.3) is 5.91 Å². The van der Waals surface area contributed by atoms with E-state index in [0.29, 0.717) is 18.2 Å². The van der Waals surface area contributed by atoms with Crippen LogP contribution in [0.3, 0.4) is 0 Å². The van der Waals surface area contributed by atoms with Gasteiger partial charge in [-0.2, -0.15) is 5.10 Å². The van der Waals surface area contributed by atoms with Crippen molar-refractivity contribution in [3.63, 3.8) is 0 Å². The van der Waals surface area contributed by atoms with E-state index in [2.05, 4.69) is 10.4 Å². The molecule has 0 unspecified atom stereocenters. The molecule has 150 valence electrons. The van der Waals surface area contributed by atoms with Crippen molar-refractivity contribution in [1.82, 2.24) is 15.1 Å². The van der Waals surface area contributed by atoms with Gasteiger partial charge in [0.1, 0.15) is 10.7 Å². The lowest BCUT2D eigenvalue weighted by Crippen LogP contribution is -2.38. The van der Waals surface area contributed by atoms with Gasteiger partial charge in [0.2, 0.25) is 0 Å². The predicted octanol–water partition coefficient (Wildman–Crippen LogP) is 4.08. The van der Waals surface area contributed by atoms with Crippen LogP contribution in [0.4, 0.5) is 0 Å². The Balaban J connectivity index is 1.62. The molecule has 0 aliphatic heterocycles. The van der Waals surface area contributed by atoms with Crippen LogP contribution in [0.25, 0.3) is 5.69 Å². The van der Waals surface area contributed by atoms with Gasteiger partial charge in [-0.15, -0.1) is 0 Å². The highest BCUT2D eigenvalue weighted by Crippen LogP contribution is 2.25. The average molecular weight is 404 g/mol. The summed E-state index contributed by atoms with van der Waals surface area (Å²) in [5.41, 5.74) is 1.37. The summed E-state index contributed by atoms with van der Waals surface area (Å²) in [6.45, 7) is 3.89. The molecule has 0 spiro atoms. The first kappa shape index (κ1) is 20.4. The Labute approximate surface area is 170 Å². The van der Waals surface area contributed by atoms with Gasteiger partial charge >= 0.3 is 5.97 Å². The first-order chi connectivity index (χ1) is 13.5. The second kappa shape index (κ2) is 9.24. The Bertz CT molecular complexity index is 829. The lowest BCUT2D eigenvalue weighted by Gasteiger charge is -2.22. The molecule has 1 atom stereocenters. The van der Waals surface area contributed by atoms with Gasteiger partial charge in [0, 0.05) is 6.54 Å². The first-order valence-electron chi connectivity index (χ1n) is 9.76. The normalized spacial score (nSPS) is 15.8. The number of hydrogen-bond donors (Lipinski definition) is 1. The lowest BCUT2D eigenvalue weighted by molar-refractivity contribution is -0.129. The summed E-state index contributed by atoms with van der Waals surface area (Å²) in [5.74, 6) is -0.422. The number of halogens is 1. The molecule has 1 aliphatic carbocycles. The van der Waals surface area contributed by atoms with Crippen molar-refractivity contribution in [3.05, 3.63) is 46.7 Å². The zero-order valence-electron chi connectivity index (χ0n) is 16.3. The van der Waals surface area contributed by atoms with Gasteiger partial charge < -0.3 is 10.1 Å².